The largest absolute Gasteiger partial charge is 1.00 e. The number of rotatable bonds is 5. The molecule has 0 radical (unpaired) electrons. The van der Waals surface area contributed by atoms with Crippen molar-refractivity contribution in [3.8, 4) is 0 Å². The molecule has 0 aromatic heterocycles. The van der Waals surface area contributed by atoms with Crippen molar-refractivity contribution < 1.29 is 46.2 Å². The second-order valence-corrected chi connectivity index (χ2v) is 4.49. The van der Waals surface area contributed by atoms with Gasteiger partial charge in [0, 0.05) is 17.8 Å². The smallest absolute Gasteiger partial charge is 0.725 e. The first-order chi connectivity index (χ1) is 4.92. The molecule has 0 bridgehead atoms. The van der Waals surface area contributed by atoms with E-state index in [4.69, 9.17) is 0 Å². The van der Waals surface area contributed by atoms with Gasteiger partial charge in [-0.05, 0) is 12.3 Å². The molecule has 0 N–H and O–H groups in total. The Kier molecular flexibility index (Phi) is 9.94. The maximum atomic E-state index is 9.88. The van der Waals surface area contributed by atoms with E-state index in [1.807, 2.05) is 13.8 Å². The van der Waals surface area contributed by atoms with Gasteiger partial charge in [-0.1, -0.05) is 13.8 Å². The molecule has 0 unspecified atom stereocenters. The zero-order chi connectivity index (χ0) is 8.91. The normalized spacial score (nSPS) is 11.3. The molecule has 0 saturated carbocycles. The van der Waals surface area contributed by atoms with Crippen molar-refractivity contribution in [1.82, 2.24) is 0 Å². The van der Waals surface area contributed by atoms with Crippen LogP contribution in [0.5, 0.6) is 0 Å². The summed E-state index contributed by atoms with van der Waals surface area (Å²) in [5, 5.41) is 0. The molecular formula is C5H11NaO4S2. The molecule has 0 aromatic rings. The van der Waals surface area contributed by atoms with Crippen molar-refractivity contribution in [2.75, 3.05) is 5.75 Å². The van der Waals surface area contributed by atoms with Gasteiger partial charge < -0.3 is 4.55 Å². The van der Waals surface area contributed by atoms with Crippen LogP contribution in [0.4, 0.5) is 0 Å². The van der Waals surface area contributed by atoms with Crippen LogP contribution >= 0.6 is 12.0 Å². The molecule has 0 spiro atoms. The predicted octanol–water partition coefficient (Wildman–Crippen LogP) is -1.84. The molecule has 0 aliphatic carbocycles. The Morgan fingerprint density at radius 2 is 2.00 bits per heavy atom. The van der Waals surface area contributed by atoms with Gasteiger partial charge in [-0.15, -0.1) is 0 Å². The first-order valence-corrected chi connectivity index (χ1v) is 5.43. The minimum atomic E-state index is -4.51. The average Bonchev–Trinajstić information content (AvgIpc) is 1.78. The maximum Gasteiger partial charge on any atom is 1.00 e. The molecule has 68 valence electrons. The van der Waals surface area contributed by atoms with E-state index in [1.54, 1.807) is 0 Å². The minimum Gasteiger partial charge on any atom is -0.725 e. The van der Waals surface area contributed by atoms with E-state index in [0.717, 1.165) is 6.42 Å². The Balaban J connectivity index is 0. The summed E-state index contributed by atoms with van der Waals surface area (Å²) >= 11 is 0.688. The Bertz CT molecular complexity index is 190. The monoisotopic (exact) mass is 222 g/mol. The summed E-state index contributed by atoms with van der Waals surface area (Å²) < 4.78 is 33.5. The van der Waals surface area contributed by atoms with Crippen LogP contribution in [-0.4, -0.2) is 18.7 Å². The van der Waals surface area contributed by atoms with Gasteiger partial charge in [-0.2, -0.15) is 0 Å². The molecule has 0 heterocycles. The predicted molar refractivity (Wildman–Crippen MR) is 42.7 cm³/mol. The van der Waals surface area contributed by atoms with Gasteiger partial charge in [0.2, 0.25) is 10.4 Å². The molecular weight excluding hydrogens is 211 g/mol. The third-order valence-electron chi connectivity index (χ3n) is 0.910. The van der Waals surface area contributed by atoms with Crippen molar-refractivity contribution in [1.29, 1.82) is 0 Å². The van der Waals surface area contributed by atoms with Crippen LogP contribution < -0.4 is 29.6 Å². The number of hydrogen-bond acceptors (Lipinski definition) is 5. The third-order valence-corrected chi connectivity index (χ3v) is 2.36. The average molecular weight is 222 g/mol. The van der Waals surface area contributed by atoms with E-state index in [0.29, 0.717) is 23.7 Å². The molecule has 0 fully saturated rings. The molecule has 0 saturated heterocycles. The van der Waals surface area contributed by atoms with E-state index in [1.165, 1.54) is 0 Å². The summed E-state index contributed by atoms with van der Waals surface area (Å²) in [6.45, 7) is 4.01. The summed E-state index contributed by atoms with van der Waals surface area (Å²) in [5.74, 6) is 1.01. The first-order valence-electron chi connectivity index (χ1n) is 3.18. The fourth-order valence-electron chi connectivity index (χ4n) is 0.377. The second-order valence-electron chi connectivity index (χ2n) is 2.48. The van der Waals surface area contributed by atoms with Gasteiger partial charge in [0.05, 0.1) is 0 Å². The third kappa shape index (κ3) is 13.8. The van der Waals surface area contributed by atoms with Crippen LogP contribution in [-0.2, 0) is 14.0 Å². The summed E-state index contributed by atoms with van der Waals surface area (Å²) in [7, 11) is -4.51. The minimum absolute atomic E-state index is 0. The Hall–Kier alpha value is 1.22. The van der Waals surface area contributed by atoms with E-state index in [2.05, 4.69) is 3.63 Å². The van der Waals surface area contributed by atoms with Crippen molar-refractivity contribution in [2.24, 2.45) is 5.92 Å². The SMILES string of the molecule is CC(C)CCSOS(=O)(=O)[O-].[Na+]. The molecule has 0 amide bonds. The number of hydrogen-bond donors (Lipinski definition) is 0. The fourth-order valence-corrected chi connectivity index (χ4v) is 1.69. The molecule has 0 aromatic carbocycles. The van der Waals surface area contributed by atoms with Crippen molar-refractivity contribution in [2.45, 2.75) is 20.3 Å². The molecule has 0 rings (SSSR count). The van der Waals surface area contributed by atoms with Gasteiger partial charge in [0.25, 0.3) is 0 Å². The van der Waals surface area contributed by atoms with Crippen LogP contribution in [0.1, 0.15) is 20.3 Å². The molecule has 4 nitrogen and oxygen atoms in total. The van der Waals surface area contributed by atoms with Crippen LogP contribution in [0, 0.1) is 5.92 Å². The topological polar surface area (TPSA) is 66.4 Å². The Morgan fingerprint density at radius 3 is 2.33 bits per heavy atom. The van der Waals surface area contributed by atoms with Crippen LogP contribution in [0.15, 0.2) is 0 Å². The molecule has 0 atom stereocenters. The first kappa shape index (κ1) is 15.7. The maximum absolute atomic E-state index is 9.88. The summed E-state index contributed by atoms with van der Waals surface area (Å²) in [6.07, 6.45) is 0.834. The molecule has 0 aliphatic heterocycles. The molecule has 0 aliphatic rings. The van der Waals surface area contributed by atoms with Crippen molar-refractivity contribution >= 4 is 22.4 Å². The molecule has 7 heteroatoms. The summed E-state index contributed by atoms with van der Waals surface area (Å²) in [5.41, 5.74) is 0. The zero-order valence-electron chi connectivity index (χ0n) is 7.44. The van der Waals surface area contributed by atoms with Crippen LogP contribution in [0.2, 0.25) is 0 Å². The van der Waals surface area contributed by atoms with Crippen molar-refractivity contribution in [3.05, 3.63) is 0 Å². The quantitative estimate of drug-likeness (QED) is 0.180. The van der Waals surface area contributed by atoms with Crippen LogP contribution in [0.25, 0.3) is 0 Å². The standard InChI is InChI=1S/C5H12O4S2.Na/c1-5(2)3-4-10-9-11(6,7)8;/h5H,3-4H2,1-2H3,(H,6,7,8);/q;+1/p-1. The van der Waals surface area contributed by atoms with E-state index < -0.39 is 10.4 Å². The Morgan fingerprint density at radius 1 is 1.50 bits per heavy atom. The van der Waals surface area contributed by atoms with Gasteiger partial charge in [-0.3, -0.25) is 0 Å². The van der Waals surface area contributed by atoms with Gasteiger partial charge in [-0.25, -0.2) is 12.0 Å². The molecule has 12 heavy (non-hydrogen) atoms. The van der Waals surface area contributed by atoms with Gasteiger partial charge in [0.15, 0.2) is 0 Å². The zero-order valence-corrected chi connectivity index (χ0v) is 11.1. The van der Waals surface area contributed by atoms with E-state index in [9.17, 15) is 13.0 Å². The summed E-state index contributed by atoms with van der Waals surface area (Å²) in [6, 6.07) is 0. The summed E-state index contributed by atoms with van der Waals surface area (Å²) in [4.78, 5) is 0. The van der Waals surface area contributed by atoms with Gasteiger partial charge >= 0.3 is 29.6 Å². The Labute approximate surface area is 99.9 Å². The van der Waals surface area contributed by atoms with Gasteiger partial charge in [0.1, 0.15) is 0 Å². The van der Waals surface area contributed by atoms with Crippen molar-refractivity contribution in [3.63, 3.8) is 0 Å². The van der Waals surface area contributed by atoms with E-state index in [-0.39, 0.29) is 29.6 Å². The fraction of sp³-hybridized carbons (Fsp3) is 1.00. The van der Waals surface area contributed by atoms with E-state index >= 15 is 0 Å². The second kappa shape index (κ2) is 7.61. The van der Waals surface area contributed by atoms with Crippen LogP contribution in [0.3, 0.4) is 0 Å².